The number of aryl methyl sites for hydroxylation is 2. The Balaban J connectivity index is 2.36. The molecule has 5 nitrogen and oxygen atoms in total. The molecule has 0 saturated heterocycles. The number of carboxylic acids is 1. The van der Waals surface area contributed by atoms with Crippen molar-refractivity contribution in [2.24, 2.45) is 0 Å². The third-order valence-electron chi connectivity index (χ3n) is 3.50. The smallest absolute Gasteiger partial charge is 0.339 e. The molecule has 1 aromatic rings. The highest BCUT2D eigenvalue weighted by Gasteiger charge is 2.20. The van der Waals surface area contributed by atoms with Crippen molar-refractivity contribution in [3.8, 4) is 0 Å². The molecule has 0 amide bonds. The third kappa shape index (κ3) is 3.04. The van der Waals surface area contributed by atoms with Gasteiger partial charge in [-0.15, -0.1) is 0 Å². The number of methoxy groups -OCH3 is 1. The second kappa shape index (κ2) is 6.02. The van der Waals surface area contributed by atoms with Crippen molar-refractivity contribution >= 4 is 11.8 Å². The van der Waals surface area contributed by atoms with Gasteiger partial charge in [0.1, 0.15) is 11.4 Å². The summed E-state index contributed by atoms with van der Waals surface area (Å²) < 4.78 is 5.03. The van der Waals surface area contributed by atoms with Crippen LogP contribution in [-0.4, -0.2) is 43.4 Å². The number of nitrogens with zero attached hydrogens (tertiary/aromatic N) is 2. The number of pyridine rings is 1. The maximum absolute atomic E-state index is 11.4. The predicted octanol–water partition coefficient (Wildman–Crippen LogP) is 1.74. The highest BCUT2D eigenvalue weighted by atomic mass is 16.5. The van der Waals surface area contributed by atoms with Gasteiger partial charge in [0.15, 0.2) is 0 Å². The second-order valence-electron chi connectivity index (χ2n) is 4.89. The molecule has 0 fully saturated rings. The normalized spacial score (nSPS) is 14.0. The number of hydrogen-bond donors (Lipinski definition) is 1. The fourth-order valence-electron chi connectivity index (χ4n) is 2.41. The van der Waals surface area contributed by atoms with Gasteiger partial charge in [0.25, 0.3) is 0 Å². The van der Waals surface area contributed by atoms with E-state index in [1.807, 2.05) is 11.9 Å². The molecular weight excluding hydrogens is 244 g/mol. The van der Waals surface area contributed by atoms with Crippen molar-refractivity contribution in [2.45, 2.75) is 25.7 Å². The van der Waals surface area contributed by atoms with Crippen molar-refractivity contribution in [3.05, 3.63) is 22.9 Å². The first kappa shape index (κ1) is 13.8. The lowest BCUT2D eigenvalue weighted by molar-refractivity contribution is 0.0697. The number of fused-ring (bicyclic) bond motifs is 1. The van der Waals surface area contributed by atoms with Gasteiger partial charge in [0.05, 0.1) is 6.61 Å². The predicted molar refractivity (Wildman–Crippen MR) is 73.0 cm³/mol. The Kier molecular flexibility index (Phi) is 4.37. The van der Waals surface area contributed by atoms with Crippen molar-refractivity contribution in [1.29, 1.82) is 0 Å². The zero-order valence-corrected chi connectivity index (χ0v) is 11.5. The van der Waals surface area contributed by atoms with E-state index < -0.39 is 5.97 Å². The number of ether oxygens (including phenoxy) is 1. The van der Waals surface area contributed by atoms with E-state index in [1.54, 1.807) is 13.2 Å². The van der Waals surface area contributed by atoms with Gasteiger partial charge in [-0.3, -0.25) is 0 Å². The molecule has 0 radical (unpaired) electrons. The standard InChI is InChI=1S/C14H20N2O3/c1-16(7-8-19-2)13-11(14(17)18)9-10-5-3-4-6-12(10)15-13/h9H,3-8H2,1-2H3,(H,17,18). The van der Waals surface area contributed by atoms with Crippen LogP contribution in [0.2, 0.25) is 0 Å². The summed E-state index contributed by atoms with van der Waals surface area (Å²) in [6, 6.07) is 1.79. The van der Waals surface area contributed by atoms with Gasteiger partial charge in [-0.2, -0.15) is 0 Å². The molecular formula is C14H20N2O3. The number of anilines is 1. The van der Waals surface area contributed by atoms with E-state index in [9.17, 15) is 9.90 Å². The van der Waals surface area contributed by atoms with E-state index in [2.05, 4.69) is 4.98 Å². The number of carboxylic acid groups (broad SMARTS) is 1. The first-order valence-corrected chi connectivity index (χ1v) is 6.59. The van der Waals surface area contributed by atoms with Crippen LogP contribution < -0.4 is 4.90 Å². The van der Waals surface area contributed by atoms with E-state index in [-0.39, 0.29) is 0 Å². The van der Waals surface area contributed by atoms with Crippen molar-refractivity contribution in [3.63, 3.8) is 0 Å². The van der Waals surface area contributed by atoms with E-state index >= 15 is 0 Å². The van der Waals surface area contributed by atoms with Crippen molar-refractivity contribution in [2.75, 3.05) is 32.2 Å². The summed E-state index contributed by atoms with van der Waals surface area (Å²) in [7, 11) is 3.48. The first-order chi connectivity index (χ1) is 9.13. The summed E-state index contributed by atoms with van der Waals surface area (Å²) in [4.78, 5) is 17.8. The average Bonchev–Trinajstić information content (AvgIpc) is 2.43. The average molecular weight is 264 g/mol. The van der Waals surface area contributed by atoms with Gasteiger partial charge in [-0.05, 0) is 37.3 Å². The van der Waals surface area contributed by atoms with Gasteiger partial charge in [0, 0.05) is 26.4 Å². The molecule has 0 aliphatic heterocycles. The van der Waals surface area contributed by atoms with Crippen LogP contribution >= 0.6 is 0 Å². The number of carbonyl (C=O) groups is 1. The Morgan fingerprint density at radius 1 is 1.47 bits per heavy atom. The van der Waals surface area contributed by atoms with Crippen LogP contribution in [-0.2, 0) is 17.6 Å². The molecule has 1 aliphatic carbocycles. The fourth-order valence-corrected chi connectivity index (χ4v) is 2.41. The summed E-state index contributed by atoms with van der Waals surface area (Å²) in [5, 5.41) is 9.34. The monoisotopic (exact) mass is 264 g/mol. The van der Waals surface area contributed by atoms with Gasteiger partial charge in [-0.1, -0.05) is 0 Å². The summed E-state index contributed by atoms with van der Waals surface area (Å²) in [6.45, 7) is 1.18. The molecule has 104 valence electrons. The second-order valence-corrected chi connectivity index (χ2v) is 4.89. The van der Waals surface area contributed by atoms with Gasteiger partial charge < -0.3 is 14.7 Å². The minimum Gasteiger partial charge on any atom is -0.478 e. The molecule has 0 spiro atoms. The van der Waals surface area contributed by atoms with Gasteiger partial charge >= 0.3 is 5.97 Å². The minimum absolute atomic E-state index is 0.291. The van der Waals surface area contributed by atoms with Crippen molar-refractivity contribution in [1.82, 2.24) is 4.98 Å². The Morgan fingerprint density at radius 3 is 2.89 bits per heavy atom. The van der Waals surface area contributed by atoms with Crippen LogP contribution in [0, 0.1) is 0 Å². The molecule has 0 aromatic carbocycles. The number of aromatic nitrogens is 1. The minimum atomic E-state index is -0.917. The summed E-state index contributed by atoms with van der Waals surface area (Å²) in [5.41, 5.74) is 2.43. The fraction of sp³-hybridized carbons (Fsp3) is 0.571. The van der Waals surface area contributed by atoms with E-state index in [0.29, 0.717) is 24.5 Å². The highest BCUT2D eigenvalue weighted by Crippen LogP contribution is 2.26. The van der Waals surface area contributed by atoms with E-state index in [4.69, 9.17) is 4.74 Å². The largest absolute Gasteiger partial charge is 0.478 e. The lowest BCUT2D eigenvalue weighted by atomic mass is 9.94. The van der Waals surface area contributed by atoms with Gasteiger partial charge in [0.2, 0.25) is 0 Å². The van der Waals surface area contributed by atoms with Crippen LogP contribution in [0.1, 0.15) is 34.5 Å². The quantitative estimate of drug-likeness (QED) is 0.877. The lowest BCUT2D eigenvalue weighted by Gasteiger charge is -2.23. The third-order valence-corrected chi connectivity index (χ3v) is 3.50. The Bertz CT molecular complexity index is 474. The lowest BCUT2D eigenvalue weighted by Crippen LogP contribution is -2.26. The molecule has 0 atom stereocenters. The van der Waals surface area contributed by atoms with Crippen LogP contribution in [0.3, 0.4) is 0 Å². The number of hydrogen-bond acceptors (Lipinski definition) is 4. The first-order valence-electron chi connectivity index (χ1n) is 6.59. The maximum Gasteiger partial charge on any atom is 0.339 e. The topological polar surface area (TPSA) is 62.7 Å². The zero-order chi connectivity index (χ0) is 13.8. The maximum atomic E-state index is 11.4. The number of rotatable bonds is 5. The molecule has 19 heavy (non-hydrogen) atoms. The molecule has 1 aromatic heterocycles. The molecule has 0 unspecified atom stereocenters. The van der Waals surface area contributed by atoms with E-state index in [0.717, 1.165) is 36.9 Å². The highest BCUT2D eigenvalue weighted by molar-refractivity contribution is 5.93. The summed E-state index contributed by atoms with van der Waals surface area (Å²) >= 11 is 0. The zero-order valence-electron chi connectivity index (χ0n) is 11.5. The van der Waals surface area contributed by atoms with E-state index in [1.165, 1.54) is 0 Å². The van der Waals surface area contributed by atoms with Crippen LogP contribution in [0.4, 0.5) is 5.82 Å². The van der Waals surface area contributed by atoms with Gasteiger partial charge in [-0.25, -0.2) is 9.78 Å². The Hall–Kier alpha value is -1.62. The molecule has 1 N–H and O–H groups in total. The number of likely N-dealkylation sites (N-methyl/N-ethyl adjacent to an activating group) is 1. The SMILES string of the molecule is COCCN(C)c1nc2c(cc1C(=O)O)CCCC2. The summed E-state index contributed by atoms with van der Waals surface area (Å²) in [6.07, 6.45) is 4.13. The Labute approximate surface area is 113 Å². The molecule has 0 saturated carbocycles. The van der Waals surface area contributed by atoms with Crippen LogP contribution in [0.5, 0.6) is 0 Å². The molecule has 2 rings (SSSR count). The molecule has 5 heteroatoms. The molecule has 1 aliphatic rings. The Morgan fingerprint density at radius 2 is 2.21 bits per heavy atom. The van der Waals surface area contributed by atoms with Crippen LogP contribution in [0.15, 0.2) is 6.07 Å². The summed E-state index contributed by atoms with van der Waals surface area (Å²) in [5.74, 6) is -0.370. The van der Waals surface area contributed by atoms with Crippen LogP contribution in [0.25, 0.3) is 0 Å². The molecule has 1 heterocycles. The molecule has 0 bridgehead atoms. The van der Waals surface area contributed by atoms with Crippen molar-refractivity contribution < 1.29 is 14.6 Å². The number of aromatic carboxylic acids is 1.